The van der Waals surface area contributed by atoms with Crippen molar-refractivity contribution in [2.75, 3.05) is 7.11 Å². The second-order valence-electron chi connectivity index (χ2n) is 8.72. The molecule has 0 spiro atoms. The van der Waals surface area contributed by atoms with Gasteiger partial charge in [-0.05, 0) is 45.8 Å². The average Bonchev–Trinajstić information content (AvgIpc) is 2.88. The number of hydrogen-bond acceptors (Lipinski definition) is 1. The molecule has 13 heteroatoms. The number of benzene rings is 5. The van der Waals surface area contributed by atoms with Crippen molar-refractivity contribution >= 4 is 21.5 Å². The topological polar surface area (TPSA) is 9.23 Å². The van der Waals surface area contributed by atoms with E-state index in [1.807, 2.05) is 0 Å². The molecule has 5 aromatic carbocycles. The van der Waals surface area contributed by atoms with Crippen LogP contribution >= 0.6 is 0 Å². The number of methoxy groups -OCH3 is 1. The van der Waals surface area contributed by atoms with Crippen molar-refractivity contribution in [1.29, 1.82) is 0 Å². The van der Waals surface area contributed by atoms with Crippen molar-refractivity contribution in [2.45, 2.75) is 6.18 Å². The third kappa shape index (κ3) is 4.30. The molecule has 0 atom stereocenters. The van der Waals surface area contributed by atoms with Gasteiger partial charge in [-0.25, -0.2) is 39.5 Å². The Labute approximate surface area is 221 Å². The van der Waals surface area contributed by atoms with Crippen molar-refractivity contribution in [3.8, 4) is 28.0 Å². The quantitative estimate of drug-likeness (QED) is 0.116. The van der Waals surface area contributed by atoms with E-state index in [2.05, 4.69) is 0 Å². The first kappa shape index (κ1) is 28.1. The van der Waals surface area contributed by atoms with Crippen LogP contribution in [0, 0.1) is 52.4 Å². The zero-order valence-electron chi connectivity index (χ0n) is 20.0. The van der Waals surface area contributed by atoms with Gasteiger partial charge >= 0.3 is 6.18 Å². The van der Waals surface area contributed by atoms with Crippen LogP contribution in [0.5, 0.6) is 5.75 Å². The summed E-state index contributed by atoms with van der Waals surface area (Å²) in [6, 6.07) is 4.00. The summed E-state index contributed by atoms with van der Waals surface area (Å²) in [7, 11) is 1.08. The molecule has 0 aliphatic carbocycles. The van der Waals surface area contributed by atoms with Crippen molar-refractivity contribution in [3.05, 3.63) is 100 Å². The van der Waals surface area contributed by atoms with Gasteiger partial charge in [0.1, 0.15) is 28.8 Å². The number of hydrogen-bond donors (Lipinski definition) is 0. The molecule has 0 bridgehead atoms. The Hall–Kier alpha value is -4.42. The van der Waals surface area contributed by atoms with Crippen LogP contribution in [-0.2, 0) is 6.18 Å². The summed E-state index contributed by atoms with van der Waals surface area (Å²) in [4.78, 5) is 0. The fourth-order valence-corrected chi connectivity index (χ4v) is 4.74. The second kappa shape index (κ2) is 9.60. The van der Waals surface area contributed by atoms with E-state index in [0.29, 0.717) is 30.3 Å². The van der Waals surface area contributed by atoms with Crippen LogP contribution in [0.1, 0.15) is 5.56 Å². The van der Waals surface area contributed by atoms with Gasteiger partial charge in [0.25, 0.3) is 0 Å². The smallest absolute Gasteiger partial charge is 0.422 e. The highest BCUT2D eigenvalue weighted by Crippen LogP contribution is 2.49. The van der Waals surface area contributed by atoms with Crippen LogP contribution in [0.25, 0.3) is 43.8 Å². The maximum absolute atomic E-state index is 15.2. The zero-order valence-corrected chi connectivity index (χ0v) is 20.0. The van der Waals surface area contributed by atoms with Gasteiger partial charge in [0, 0.05) is 23.3 Å². The lowest BCUT2D eigenvalue weighted by atomic mass is 9.84. The molecule has 0 N–H and O–H groups in total. The van der Waals surface area contributed by atoms with E-state index in [9.17, 15) is 35.1 Å². The Kier molecular flexibility index (Phi) is 6.58. The third-order valence-corrected chi connectivity index (χ3v) is 6.42. The summed E-state index contributed by atoms with van der Waals surface area (Å²) in [5, 5.41) is -2.82. The van der Waals surface area contributed by atoms with Crippen molar-refractivity contribution < 1.29 is 57.4 Å². The summed E-state index contributed by atoms with van der Waals surface area (Å²) < 4.78 is 178. The Morgan fingerprint density at radius 1 is 0.488 bits per heavy atom. The summed E-state index contributed by atoms with van der Waals surface area (Å²) in [5.74, 6) is -18.5. The minimum atomic E-state index is -5.90. The summed E-state index contributed by atoms with van der Waals surface area (Å²) in [5.41, 5.74) is -7.39. The Morgan fingerprint density at radius 3 is 1.41 bits per heavy atom. The van der Waals surface area contributed by atoms with Crippen molar-refractivity contribution in [3.63, 3.8) is 0 Å². The Morgan fingerprint density at radius 2 is 0.951 bits per heavy atom. The van der Waals surface area contributed by atoms with Crippen LogP contribution in [0.4, 0.5) is 52.7 Å². The van der Waals surface area contributed by atoms with Gasteiger partial charge in [-0.3, -0.25) is 0 Å². The minimum Gasteiger partial charge on any atom is -0.497 e. The Balaban J connectivity index is 2.08. The molecule has 5 aromatic rings. The summed E-state index contributed by atoms with van der Waals surface area (Å²) >= 11 is 0. The van der Waals surface area contributed by atoms with Gasteiger partial charge in [0.15, 0.2) is 34.9 Å². The van der Waals surface area contributed by atoms with Crippen LogP contribution in [-0.4, -0.2) is 7.11 Å². The summed E-state index contributed by atoms with van der Waals surface area (Å²) in [6.07, 6.45) is -5.90. The first-order valence-electron chi connectivity index (χ1n) is 11.2. The maximum Gasteiger partial charge on any atom is 0.422 e. The lowest BCUT2D eigenvalue weighted by Gasteiger charge is -2.21. The molecule has 41 heavy (non-hydrogen) atoms. The van der Waals surface area contributed by atoms with Gasteiger partial charge in [-0.15, -0.1) is 0 Å². The van der Waals surface area contributed by atoms with Crippen LogP contribution in [0.3, 0.4) is 0 Å². The predicted octanol–water partition coefficient (Wildman–Crippen LogP) is 9.61. The fraction of sp³-hybridized carbons (Fsp3) is 0.0714. The standard InChI is InChI=1S/C28H10F12O/c1-41-10-5-17(32)21(18(33)6-10)19-11-3-2-9(29)4-12(11)20(14-8-16(31)15(30)7-13(14)19)22-24(34)26(36)23(28(38,39)40)27(37)25(22)35/h2-8H,1H3. The molecule has 0 unspecified atom stereocenters. The van der Waals surface area contributed by atoms with Crippen LogP contribution < -0.4 is 4.74 Å². The van der Waals surface area contributed by atoms with Gasteiger partial charge < -0.3 is 4.74 Å². The predicted molar refractivity (Wildman–Crippen MR) is 124 cm³/mol. The van der Waals surface area contributed by atoms with E-state index in [1.165, 1.54) is 0 Å². The molecular weight excluding hydrogens is 580 g/mol. The monoisotopic (exact) mass is 590 g/mol. The molecular formula is C28H10F12O. The maximum atomic E-state index is 15.2. The van der Waals surface area contributed by atoms with E-state index < -0.39 is 108 Å². The number of halogens is 12. The minimum absolute atomic E-state index is 0.236. The normalized spacial score (nSPS) is 12.0. The molecule has 5 rings (SSSR count). The molecule has 0 aliphatic heterocycles. The molecule has 0 heterocycles. The zero-order chi connectivity index (χ0) is 30.1. The van der Waals surface area contributed by atoms with Gasteiger partial charge in [-0.1, -0.05) is 6.07 Å². The van der Waals surface area contributed by atoms with Gasteiger partial charge in [0.2, 0.25) is 0 Å². The molecule has 1 nitrogen and oxygen atoms in total. The van der Waals surface area contributed by atoms with Crippen LogP contribution in [0.2, 0.25) is 0 Å². The first-order valence-corrected chi connectivity index (χ1v) is 11.2. The average molecular weight is 590 g/mol. The third-order valence-electron chi connectivity index (χ3n) is 6.42. The highest BCUT2D eigenvalue weighted by Gasteiger charge is 2.43. The Bertz CT molecular complexity index is 1860. The molecule has 0 aliphatic rings. The number of fused-ring (bicyclic) bond motifs is 2. The molecule has 0 amide bonds. The highest BCUT2D eigenvalue weighted by atomic mass is 19.4. The lowest BCUT2D eigenvalue weighted by Crippen LogP contribution is -2.16. The molecule has 0 aromatic heterocycles. The van der Waals surface area contributed by atoms with Gasteiger partial charge in [0.05, 0.1) is 18.2 Å². The second-order valence-corrected chi connectivity index (χ2v) is 8.72. The largest absolute Gasteiger partial charge is 0.497 e. The molecule has 0 fully saturated rings. The van der Waals surface area contributed by atoms with E-state index in [0.717, 1.165) is 13.2 Å². The van der Waals surface area contributed by atoms with Gasteiger partial charge in [-0.2, -0.15) is 13.2 Å². The van der Waals surface area contributed by atoms with Crippen LogP contribution in [0.15, 0.2) is 42.5 Å². The van der Waals surface area contributed by atoms with E-state index in [-0.39, 0.29) is 11.8 Å². The summed E-state index contributed by atoms with van der Waals surface area (Å²) in [6.45, 7) is 0. The number of ether oxygens (including phenoxy) is 1. The molecule has 212 valence electrons. The number of rotatable bonds is 3. The van der Waals surface area contributed by atoms with E-state index >= 15 is 17.6 Å². The highest BCUT2D eigenvalue weighted by molar-refractivity contribution is 6.21. The lowest BCUT2D eigenvalue weighted by molar-refractivity contribution is -0.143. The molecule has 0 saturated heterocycles. The number of alkyl halides is 3. The first-order chi connectivity index (χ1) is 19.2. The van der Waals surface area contributed by atoms with E-state index in [4.69, 9.17) is 4.74 Å². The van der Waals surface area contributed by atoms with E-state index in [1.54, 1.807) is 0 Å². The molecule has 0 saturated carbocycles. The van der Waals surface area contributed by atoms with Crippen molar-refractivity contribution in [2.24, 2.45) is 0 Å². The fourth-order valence-electron chi connectivity index (χ4n) is 4.74. The van der Waals surface area contributed by atoms with Crippen molar-refractivity contribution in [1.82, 2.24) is 0 Å². The SMILES string of the molecule is COc1cc(F)c(-c2c3ccc(F)cc3c(-c3c(F)c(F)c(C(F)(F)F)c(F)c3F)c3cc(F)c(F)cc23)c(F)c1. The molecule has 0 radical (unpaired) electrons.